The van der Waals surface area contributed by atoms with E-state index in [2.05, 4.69) is 0 Å². The number of hydrogen-bond donors (Lipinski definition) is 1. The van der Waals surface area contributed by atoms with E-state index >= 15 is 0 Å². The quantitative estimate of drug-likeness (QED) is 0.877. The van der Waals surface area contributed by atoms with Gasteiger partial charge in [0.1, 0.15) is 11.6 Å². The number of halogens is 1. The summed E-state index contributed by atoms with van der Waals surface area (Å²) in [4.78, 5) is 0. The van der Waals surface area contributed by atoms with Crippen LogP contribution in [0.5, 0.6) is 5.75 Å². The van der Waals surface area contributed by atoms with Crippen LogP contribution in [0.2, 0.25) is 0 Å². The van der Waals surface area contributed by atoms with Crippen molar-refractivity contribution in [3.63, 3.8) is 0 Å². The van der Waals surface area contributed by atoms with Crippen LogP contribution >= 0.6 is 0 Å². The summed E-state index contributed by atoms with van der Waals surface area (Å²) in [5.74, 6) is 0.903. The average molecular weight is 273 g/mol. The minimum absolute atomic E-state index is 0.156. The summed E-state index contributed by atoms with van der Waals surface area (Å²) in [5, 5.41) is 0. The average Bonchev–Trinajstić information content (AvgIpc) is 2.49. The zero-order valence-corrected chi connectivity index (χ0v) is 11.7. The van der Waals surface area contributed by atoms with Gasteiger partial charge in [0.25, 0.3) is 0 Å². The Kier molecular flexibility index (Phi) is 5.13. The molecule has 0 heterocycles. The first kappa shape index (κ1) is 14.5. The molecule has 2 aromatic rings. The van der Waals surface area contributed by atoms with Crippen molar-refractivity contribution in [3.05, 3.63) is 65.5 Å². The van der Waals surface area contributed by atoms with E-state index in [-0.39, 0.29) is 11.7 Å². The molecule has 0 aliphatic heterocycles. The van der Waals surface area contributed by atoms with Gasteiger partial charge < -0.3 is 10.5 Å². The Morgan fingerprint density at radius 2 is 1.90 bits per heavy atom. The van der Waals surface area contributed by atoms with E-state index in [4.69, 9.17) is 10.5 Å². The molecule has 0 saturated heterocycles. The second kappa shape index (κ2) is 7.06. The highest BCUT2D eigenvalue weighted by Crippen LogP contribution is 2.19. The van der Waals surface area contributed by atoms with E-state index in [0.717, 1.165) is 23.3 Å². The topological polar surface area (TPSA) is 35.2 Å². The van der Waals surface area contributed by atoms with E-state index in [1.807, 2.05) is 36.4 Å². The Morgan fingerprint density at radius 1 is 1.10 bits per heavy atom. The number of nitrogens with two attached hydrogens (primary N) is 1. The van der Waals surface area contributed by atoms with Gasteiger partial charge in [-0.2, -0.15) is 0 Å². The third-order valence-electron chi connectivity index (χ3n) is 3.46. The fourth-order valence-electron chi connectivity index (χ4n) is 2.35. The van der Waals surface area contributed by atoms with Crippen LogP contribution in [0, 0.1) is 11.7 Å². The number of methoxy groups -OCH3 is 1. The molecule has 0 amide bonds. The molecule has 0 bridgehead atoms. The summed E-state index contributed by atoms with van der Waals surface area (Å²) in [6, 6.07) is 14.8. The highest BCUT2D eigenvalue weighted by molar-refractivity contribution is 5.29. The molecule has 2 rings (SSSR count). The Bertz CT molecular complexity index is 556. The van der Waals surface area contributed by atoms with Crippen molar-refractivity contribution >= 4 is 0 Å². The molecule has 0 radical (unpaired) electrons. The van der Waals surface area contributed by atoms with E-state index in [1.165, 1.54) is 6.07 Å². The summed E-state index contributed by atoms with van der Waals surface area (Å²) in [6.45, 7) is 0.533. The molecular weight excluding hydrogens is 253 g/mol. The summed E-state index contributed by atoms with van der Waals surface area (Å²) in [5.41, 5.74) is 7.73. The van der Waals surface area contributed by atoms with Gasteiger partial charge in [0.05, 0.1) is 7.11 Å². The summed E-state index contributed by atoms with van der Waals surface area (Å²) < 4.78 is 18.9. The molecule has 0 aliphatic carbocycles. The van der Waals surface area contributed by atoms with E-state index < -0.39 is 0 Å². The van der Waals surface area contributed by atoms with Crippen LogP contribution in [0.4, 0.5) is 4.39 Å². The van der Waals surface area contributed by atoms with Gasteiger partial charge in [0.2, 0.25) is 0 Å². The van der Waals surface area contributed by atoms with Crippen molar-refractivity contribution in [2.45, 2.75) is 12.8 Å². The molecule has 0 fully saturated rings. The second-order valence-corrected chi connectivity index (χ2v) is 4.95. The van der Waals surface area contributed by atoms with Crippen molar-refractivity contribution in [1.82, 2.24) is 0 Å². The SMILES string of the molecule is COc1cccc(CC(CN)Cc2ccccc2F)c1. The van der Waals surface area contributed by atoms with Gasteiger partial charge >= 0.3 is 0 Å². The second-order valence-electron chi connectivity index (χ2n) is 4.95. The van der Waals surface area contributed by atoms with Crippen molar-refractivity contribution in [2.75, 3.05) is 13.7 Å². The van der Waals surface area contributed by atoms with Crippen molar-refractivity contribution in [1.29, 1.82) is 0 Å². The molecule has 106 valence electrons. The van der Waals surface area contributed by atoms with Crippen molar-refractivity contribution in [2.24, 2.45) is 11.7 Å². The van der Waals surface area contributed by atoms with E-state index in [1.54, 1.807) is 13.2 Å². The third kappa shape index (κ3) is 3.81. The minimum atomic E-state index is -0.156. The lowest BCUT2D eigenvalue weighted by atomic mass is 9.92. The first-order chi connectivity index (χ1) is 9.72. The van der Waals surface area contributed by atoms with Gasteiger partial charge in [0.15, 0.2) is 0 Å². The Morgan fingerprint density at radius 3 is 2.60 bits per heavy atom. The largest absolute Gasteiger partial charge is 0.497 e. The fourth-order valence-corrected chi connectivity index (χ4v) is 2.35. The van der Waals surface area contributed by atoms with Gasteiger partial charge in [0, 0.05) is 0 Å². The lowest BCUT2D eigenvalue weighted by Gasteiger charge is -2.16. The van der Waals surface area contributed by atoms with Crippen LogP contribution in [-0.4, -0.2) is 13.7 Å². The minimum Gasteiger partial charge on any atom is -0.497 e. The molecule has 1 atom stereocenters. The van der Waals surface area contributed by atoms with Gasteiger partial charge in [-0.15, -0.1) is 0 Å². The summed E-state index contributed by atoms with van der Waals surface area (Å²) in [7, 11) is 1.65. The Hall–Kier alpha value is -1.87. The van der Waals surface area contributed by atoms with Gasteiger partial charge in [-0.3, -0.25) is 0 Å². The van der Waals surface area contributed by atoms with E-state index in [9.17, 15) is 4.39 Å². The van der Waals surface area contributed by atoms with Crippen LogP contribution in [0.15, 0.2) is 48.5 Å². The van der Waals surface area contributed by atoms with Crippen LogP contribution in [0.25, 0.3) is 0 Å². The molecule has 0 aliphatic rings. The smallest absolute Gasteiger partial charge is 0.126 e. The predicted octanol–water partition coefficient (Wildman–Crippen LogP) is 3.19. The van der Waals surface area contributed by atoms with Crippen LogP contribution < -0.4 is 10.5 Å². The van der Waals surface area contributed by atoms with Crippen molar-refractivity contribution < 1.29 is 9.13 Å². The normalized spacial score (nSPS) is 12.2. The Labute approximate surface area is 119 Å². The highest BCUT2D eigenvalue weighted by Gasteiger charge is 2.12. The number of rotatable bonds is 6. The standard InChI is InChI=1S/C17H20FNO/c1-20-16-7-4-5-13(11-16)9-14(12-19)10-15-6-2-3-8-17(15)18/h2-8,11,14H,9-10,12,19H2,1H3. The maximum atomic E-state index is 13.7. The lowest BCUT2D eigenvalue weighted by Crippen LogP contribution is -2.20. The zero-order chi connectivity index (χ0) is 14.4. The first-order valence-electron chi connectivity index (χ1n) is 6.79. The van der Waals surface area contributed by atoms with Gasteiger partial charge in [-0.1, -0.05) is 30.3 Å². The lowest BCUT2D eigenvalue weighted by molar-refractivity contribution is 0.413. The number of hydrogen-bond acceptors (Lipinski definition) is 2. The van der Waals surface area contributed by atoms with Crippen LogP contribution in [0.1, 0.15) is 11.1 Å². The maximum absolute atomic E-state index is 13.7. The molecule has 2 N–H and O–H groups in total. The molecule has 1 unspecified atom stereocenters. The van der Waals surface area contributed by atoms with E-state index in [0.29, 0.717) is 13.0 Å². The maximum Gasteiger partial charge on any atom is 0.126 e. The van der Waals surface area contributed by atoms with Crippen molar-refractivity contribution in [3.8, 4) is 5.75 Å². The Balaban J connectivity index is 2.07. The summed E-state index contributed by atoms with van der Waals surface area (Å²) >= 11 is 0. The molecule has 20 heavy (non-hydrogen) atoms. The molecular formula is C17H20FNO. The molecule has 0 aromatic heterocycles. The number of ether oxygens (including phenoxy) is 1. The fraction of sp³-hybridized carbons (Fsp3) is 0.294. The first-order valence-corrected chi connectivity index (χ1v) is 6.79. The van der Waals surface area contributed by atoms with Gasteiger partial charge in [-0.05, 0) is 54.6 Å². The molecule has 2 nitrogen and oxygen atoms in total. The van der Waals surface area contributed by atoms with Gasteiger partial charge in [-0.25, -0.2) is 4.39 Å². The third-order valence-corrected chi connectivity index (χ3v) is 3.46. The molecule has 0 saturated carbocycles. The summed E-state index contributed by atoms with van der Waals surface area (Å²) in [6.07, 6.45) is 1.47. The number of benzene rings is 2. The molecule has 3 heteroatoms. The monoisotopic (exact) mass is 273 g/mol. The predicted molar refractivity (Wildman–Crippen MR) is 79.3 cm³/mol. The van der Waals surface area contributed by atoms with Crippen LogP contribution in [0.3, 0.4) is 0 Å². The van der Waals surface area contributed by atoms with Crippen LogP contribution in [-0.2, 0) is 12.8 Å². The highest BCUT2D eigenvalue weighted by atomic mass is 19.1. The molecule has 2 aromatic carbocycles. The molecule has 0 spiro atoms. The zero-order valence-electron chi connectivity index (χ0n) is 11.7.